The van der Waals surface area contributed by atoms with Crippen molar-refractivity contribution < 1.29 is 19.4 Å². The van der Waals surface area contributed by atoms with Crippen LogP contribution >= 0.6 is 0 Å². The van der Waals surface area contributed by atoms with Gasteiger partial charge in [0.25, 0.3) is 5.91 Å². The fourth-order valence-corrected chi connectivity index (χ4v) is 2.70. The minimum absolute atomic E-state index is 0.129. The van der Waals surface area contributed by atoms with Crippen LogP contribution in [0.1, 0.15) is 48.7 Å². The quantitative estimate of drug-likeness (QED) is 0.756. The second kappa shape index (κ2) is 8.63. The van der Waals surface area contributed by atoms with E-state index in [1.54, 1.807) is 43.3 Å². The Morgan fingerprint density at radius 1 is 1.08 bits per heavy atom. The zero-order valence-electron chi connectivity index (χ0n) is 15.4. The molecule has 0 saturated heterocycles. The van der Waals surface area contributed by atoms with Gasteiger partial charge < -0.3 is 15.2 Å². The fourth-order valence-electron chi connectivity index (χ4n) is 2.70. The molecule has 26 heavy (non-hydrogen) atoms. The van der Waals surface area contributed by atoms with Crippen molar-refractivity contribution >= 4 is 11.9 Å². The van der Waals surface area contributed by atoms with E-state index in [0.29, 0.717) is 17.7 Å². The van der Waals surface area contributed by atoms with E-state index in [0.717, 1.165) is 5.56 Å². The van der Waals surface area contributed by atoms with Crippen LogP contribution in [0.15, 0.2) is 54.6 Å². The third-order valence-corrected chi connectivity index (χ3v) is 4.29. The SMILES string of the molecule is CCC(NC(=O)c1ccc(COC(C)C)cc1)(C(=O)O)c1ccccc1. The number of rotatable bonds is 8. The number of benzene rings is 2. The Labute approximate surface area is 154 Å². The first-order valence-corrected chi connectivity index (χ1v) is 8.71. The van der Waals surface area contributed by atoms with Gasteiger partial charge in [0.1, 0.15) is 0 Å². The average Bonchev–Trinajstić information content (AvgIpc) is 2.65. The molecule has 0 aromatic heterocycles. The number of aliphatic carboxylic acids is 1. The lowest BCUT2D eigenvalue weighted by atomic mass is 9.87. The number of carboxylic acids is 1. The Kier molecular flexibility index (Phi) is 6.52. The first-order chi connectivity index (χ1) is 12.4. The Morgan fingerprint density at radius 2 is 1.69 bits per heavy atom. The summed E-state index contributed by atoms with van der Waals surface area (Å²) in [6.07, 6.45) is 0.364. The van der Waals surface area contributed by atoms with Gasteiger partial charge in [0.15, 0.2) is 5.54 Å². The molecule has 0 aliphatic carbocycles. The zero-order valence-corrected chi connectivity index (χ0v) is 15.4. The van der Waals surface area contributed by atoms with Crippen molar-refractivity contribution in [1.82, 2.24) is 5.32 Å². The number of carbonyl (C=O) groups excluding carboxylic acids is 1. The summed E-state index contributed by atoms with van der Waals surface area (Å²) in [4.78, 5) is 24.7. The Hall–Kier alpha value is -2.66. The molecule has 2 aromatic rings. The van der Waals surface area contributed by atoms with Gasteiger partial charge in [-0.2, -0.15) is 0 Å². The highest BCUT2D eigenvalue weighted by Crippen LogP contribution is 2.26. The molecule has 0 bridgehead atoms. The standard InChI is InChI=1S/C21H25NO4/c1-4-21(20(24)25,18-8-6-5-7-9-18)22-19(23)17-12-10-16(11-13-17)14-26-15(2)3/h5-13,15H,4,14H2,1-3H3,(H,22,23)(H,24,25). The van der Waals surface area contributed by atoms with E-state index in [-0.39, 0.29) is 12.5 Å². The predicted octanol–water partition coefficient (Wildman–Crippen LogP) is 3.73. The van der Waals surface area contributed by atoms with Gasteiger partial charge in [-0.15, -0.1) is 0 Å². The molecule has 0 aliphatic rings. The highest BCUT2D eigenvalue weighted by Gasteiger charge is 2.40. The van der Waals surface area contributed by atoms with E-state index in [9.17, 15) is 14.7 Å². The first-order valence-electron chi connectivity index (χ1n) is 8.71. The van der Waals surface area contributed by atoms with Crippen molar-refractivity contribution in [2.24, 2.45) is 0 Å². The Balaban J connectivity index is 2.21. The van der Waals surface area contributed by atoms with Crippen LogP contribution < -0.4 is 5.32 Å². The highest BCUT2D eigenvalue weighted by atomic mass is 16.5. The topological polar surface area (TPSA) is 75.6 Å². The summed E-state index contributed by atoms with van der Waals surface area (Å²) in [6.45, 7) is 6.13. The molecule has 0 aliphatic heterocycles. The van der Waals surface area contributed by atoms with E-state index in [1.807, 2.05) is 32.0 Å². The molecule has 2 N–H and O–H groups in total. The second-order valence-corrected chi connectivity index (χ2v) is 6.44. The molecule has 0 saturated carbocycles. The molecule has 1 unspecified atom stereocenters. The highest BCUT2D eigenvalue weighted by molar-refractivity contribution is 5.98. The van der Waals surface area contributed by atoms with Gasteiger partial charge in [-0.05, 0) is 43.5 Å². The normalized spacial score (nSPS) is 13.2. The molecule has 5 heteroatoms. The number of nitrogens with one attached hydrogen (secondary N) is 1. The number of hydrogen-bond donors (Lipinski definition) is 2. The van der Waals surface area contributed by atoms with Gasteiger partial charge in [-0.1, -0.05) is 49.4 Å². The van der Waals surface area contributed by atoms with E-state index in [2.05, 4.69) is 5.32 Å². The van der Waals surface area contributed by atoms with Gasteiger partial charge in [-0.3, -0.25) is 4.79 Å². The van der Waals surface area contributed by atoms with Crippen molar-refractivity contribution in [2.75, 3.05) is 0 Å². The van der Waals surface area contributed by atoms with E-state index in [1.165, 1.54) is 0 Å². The molecular weight excluding hydrogens is 330 g/mol. The van der Waals surface area contributed by atoms with Gasteiger partial charge in [-0.25, -0.2) is 4.79 Å². The average molecular weight is 355 g/mol. The van der Waals surface area contributed by atoms with Gasteiger partial charge in [0, 0.05) is 5.56 Å². The van der Waals surface area contributed by atoms with Gasteiger partial charge in [0.05, 0.1) is 12.7 Å². The first kappa shape index (κ1) is 19.7. The summed E-state index contributed by atoms with van der Waals surface area (Å²) in [7, 11) is 0. The van der Waals surface area contributed by atoms with Crippen LogP contribution in [0.4, 0.5) is 0 Å². The molecule has 138 valence electrons. The second-order valence-electron chi connectivity index (χ2n) is 6.44. The number of ether oxygens (including phenoxy) is 1. The molecule has 2 rings (SSSR count). The summed E-state index contributed by atoms with van der Waals surface area (Å²) >= 11 is 0. The maximum atomic E-state index is 12.7. The van der Waals surface area contributed by atoms with Crippen molar-refractivity contribution in [2.45, 2.75) is 45.4 Å². The van der Waals surface area contributed by atoms with Gasteiger partial charge in [0.2, 0.25) is 0 Å². The number of carboxylic acid groups (broad SMARTS) is 1. The molecule has 0 spiro atoms. The number of carbonyl (C=O) groups is 2. The predicted molar refractivity (Wildman–Crippen MR) is 99.9 cm³/mol. The largest absolute Gasteiger partial charge is 0.479 e. The van der Waals surface area contributed by atoms with E-state index < -0.39 is 17.4 Å². The van der Waals surface area contributed by atoms with Crippen LogP contribution in [0.3, 0.4) is 0 Å². The molecule has 5 nitrogen and oxygen atoms in total. The summed E-state index contributed by atoms with van der Waals surface area (Å²) in [5.74, 6) is -1.50. The summed E-state index contributed by atoms with van der Waals surface area (Å²) in [5.41, 5.74) is 0.453. The molecule has 0 radical (unpaired) electrons. The fraction of sp³-hybridized carbons (Fsp3) is 0.333. The van der Waals surface area contributed by atoms with E-state index >= 15 is 0 Å². The Bertz CT molecular complexity index is 740. The lowest BCUT2D eigenvalue weighted by molar-refractivity contribution is -0.145. The van der Waals surface area contributed by atoms with Crippen molar-refractivity contribution in [3.63, 3.8) is 0 Å². The smallest absolute Gasteiger partial charge is 0.334 e. The minimum Gasteiger partial charge on any atom is -0.479 e. The van der Waals surface area contributed by atoms with Crippen LogP contribution in [0, 0.1) is 0 Å². The number of amides is 1. The van der Waals surface area contributed by atoms with Crippen molar-refractivity contribution in [3.05, 3.63) is 71.3 Å². The van der Waals surface area contributed by atoms with Crippen molar-refractivity contribution in [1.29, 1.82) is 0 Å². The van der Waals surface area contributed by atoms with Crippen molar-refractivity contribution in [3.8, 4) is 0 Å². The monoisotopic (exact) mass is 355 g/mol. The molecule has 1 atom stereocenters. The van der Waals surface area contributed by atoms with Crippen LogP contribution in [0.5, 0.6) is 0 Å². The number of hydrogen-bond acceptors (Lipinski definition) is 3. The van der Waals surface area contributed by atoms with E-state index in [4.69, 9.17) is 4.74 Å². The lowest BCUT2D eigenvalue weighted by Gasteiger charge is -2.30. The third kappa shape index (κ3) is 4.49. The zero-order chi connectivity index (χ0) is 19.2. The summed E-state index contributed by atoms with van der Waals surface area (Å²) < 4.78 is 5.54. The molecular formula is C21H25NO4. The third-order valence-electron chi connectivity index (χ3n) is 4.29. The summed E-state index contributed by atoms with van der Waals surface area (Å²) in [5, 5.41) is 12.5. The van der Waals surface area contributed by atoms with Crippen LogP contribution in [-0.2, 0) is 21.7 Å². The molecule has 0 fully saturated rings. The van der Waals surface area contributed by atoms with Crippen LogP contribution in [0.2, 0.25) is 0 Å². The summed E-state index contributed by atoms with van der Waals surface area (Å²) in [6, 6.07) is 15.8. The van der Waals surface area contributed by atoms with Crippen LogP contribution in [-0.4, -0.2) is 23.1 Å². The molecule has 0 heterocycles. The maximum Gasteiger partial charge on any atom is 0.334 e. The molecule has 1 amide bonds. The molecule has 2 aromatic carbocycles. The maximum absolute atomic E-state index is 12.7. The van der Waals surface area contributed by atoms with Crippen LogP contribution in [0.25, 0.3) is 0 Å². The minimum atomic E-state index is -1.46. The lowest BCUT2D eigenvalue weighted by Crippen LogP contribution is -2.51. The Morgan fingerprint density at radius 3 is 2.19 bits per heavy atom. The van der Waals surface area contributed by atoms with Gasteiger partial charge >= 0.3 is 5.97 Å².